The molecule has 1 N–H and O–H groups in total. The minimum Gasteiger partial charge on any atom is -0.335 e. The van der Waals surface area contributed by atoms with Gasteiger partial charge in [0.05, 0.1) is 23.0 Å². The Kier molecular flexibility index (Phi) is 6.45. The highest BCUT2D eigenvalue weighted by Gasteiger charge is 2.22. The van der Waals surface area contributed by atoms with Crippen LogP contribution in [0.25, 0.3) is 0 Å². The van der Waals surface area contributed by atoms with Crippen molar-refractivity contribution in [3.05, 3.63) is 62.6 Å². The monoisotopic (exact) mass is 434 g/mol. The Bertz CT molecular complexity index is 948. The van der Waals surface area contributed by atoms with Gasteiger partial charge in [0.25, 0.3) is 5.91 Å². The summed E-state index contributed by atoms with van der Waals surface area (Å²) in [6.07, 6.45) is 1.01. The van der Waals surface area contributed by atoms with Gasteiger partial charge in [-0.05, 0) is 42.8 Å². The van der Waals surface area contributed by atoms with Gasteiger partial charge in [-0.1, -0.05) is 40.9 Å². The van der Waals surface area contributed by atoms with E-state index in [1.165, 1.54) is 23.1 Å². The number of benzene rings is 2. The Morgan fingerprint density at radius 2 is 1.73 bits per heavy atom. The van der Waals surface area contributed by atoms with E-state index in [4.69, 9.17) is 34.8 Å². The van der Waals surface area contributed by atoms with Crippen LogP contribution in [0.15, 0.2) is 36.4 Å². The van der Waals surface area contributed by atoms with Crippen molar-refractivity contribution in [2.45, 2.75) is 13.0 Å². The van der Waals surface area contributed by atoms with E-state index in [0.717, 1.165) is 11.8 Å². The fraction of sp³-hybridized carbons (Fsp3) is 0.235. The molecular formula is C17H17Cl3N2O3S. The van der Waals surface area contributed by atoms with E-state index in [9.17, 15) is 13.2 Å². The normalized spacial score (nSPS) is 12.5. The maximum atomic E-state index is 12.8. The van der Waals surface area contributed by atoms with Crippen LogP contribution >= 0.6 is 34.8 Å². The zero-order valence-electron chi connectivity index (χ0n) is 14.3. The standard InChI is InChI=1S/C17H17Cl3N2O3S/c1-10(13-6-5-12(18)9-15(13)20)22(2)17(23)11-4-7-14(19)16(8-11)21-26(3,24)25/h4-10,21H,1-3H3. The summed E-state index contributed by atoms with van der Waals surface area (Å²) in [5.74, 6) is -0.309. The largest absolute Gasteiger partial charge is 0.335 e. The summed E-state index contributed by atoms with van der Waals surface area (Å²) in [5, 5.41) is 1.16. The van der Waals surface area contributed by atoms with Gasteiger partial charge in [-0.15, -0.1) is 0 Å². The van der Waals surface area contributed by atoms with E-state index in [1.54, 1.807) is 25.2 Å². The number of anilines is 1. The molecule has 2 aromatic carbocycles. The summed E-state index contributed by atoms with van der Waals surface area (Å²) in [4.78, 5) is 14.3. The first kappa shape index (κ1) is 20.8. The molecule has 0 fully saturated rings. The number of hydrogen-bond donors (Lipinski definition) is 1. The lowest BCUT2D eigenvalue weighted by atomic mass is 10.1. The van der Waals surface area contributed by atoms with Crippen molar-refractivity contribution in [1.29, 1.82) is 0 Å². The first-order chi connectivity index (χ1) is 12.0. The highest BCUT2D eigenvalue weighted by molar-refractivity contribution is 7.92. The molecule has 1 amide bonds. The Hall–Kier alpha value is -1.47. The molecule has 0 spiro atoms. The van der Waals surface area contributed by atoms with Gasteiger partial charge >= 0.3 is 0 Å². The van der Waals surface area contributed by atoms with Crippen molar-refractivity contribution in [2.75, 3.05) is 18.0 Å². The fourth-order valence-electron chi connectivity index (χ4n) is 2.36. The summed E-state index contributed by atoms with van der Waals surface area (Å²) in [7, 11) is -1.89. The second kappa shape index (κ2) is 8.05. The summed E-state index contributed by atoms with van der Waals surface area (Å²) < 4.78 is 25.2. The molecule has 0 bridgehead atoms. The SMILES string of the molecule is CC(c1ccc(Cl)cc1Cl)N(C)C(=O)c1ccc(Cl)c(NS(C)(=O)=O)c1. The van der Waals surface area contributed by atoms with Gasteiger partial charge in [-0.3, -0.25) is 9.52 Å². The van der Waals surface area contributed by atoms with E-state index in [2.05, 4.69) is 4.72 Å². The molecule has 0 saturated carbocycles. The van der Waals surface area contributed by atoms with Crippen LogP contribution in [0.2, 0.25) is 15.1 Å². The number of rotatable bonds is 5. The first-order valence-electron chi connectivity index (χ1n) is 7.49. The molecule has 0 heterocycles. The molecule has 9 heteroatoms. The maximum Gasteiger partial charge on any atom is 0.254 e. The van der Waals surface area contributed by atoms with Gasteiger partial charge < -0.3 is 4.90 Å². The molecule has 0 aliphatic carbocycles. The molecule has 0 saturated heterocycles. The van der Waals surface area contributed by atoms with E-state index < -0.39 is 10.0 Å². The van der Waals surface area contributed by atoms with Crippen molar-refractivity contribution in [3.8, 4) is 0 Å². The van der Waals surface area contributed by atoms with Gasteiger partial charge in [0.2, 0.25) is 10.0 Å². The van der Waals surface area contributed by atoms with Gasteiger partial charge in [0.15, 0.2) is 0 Å². The maximum absolute atomic E-state index is 12.8. The first-order valence-corrected chi connectivity index (χ1v) is 10.5. The third-order valence-corrected chi connectivity index (χ3v) is 5.31. The van der Waals surface area contributed by atoms with Crippen LogP contribution in [0.4, 0.5) is 5.69 Å². The number of carbonyl (C=O) groups excluding carboxylic acids is 1. The number of sulfonamides is 1. The predicted octanol–water partition coefficient (Wildman–Crippen LogP) is 4.85. The number of nitrogens with zero attached hydrogens (tertiary/aromatic N) is 1. The van der Waals surface area contributed by atoms with Crippen LogP contribution in [0.1, 0.15) is 28.9 Å². The van der Waals surface area contributed by atoms with Gasteiger partial charge in [0, 0.05) is 22.7 Å². The van der Waals surface area contributed by atoms with Crippen molar-refractivity contribution < 1.29 is 13.2 Å². The summed E-state index contributed by atoms with van der Waals surface area (Å²) in [6, 6.07) is 9.16. The molecule has 2 aromatic rings. The average molecular weight is 436 g/mol. The van der Waals surface area contributed by atoms with Crippen molar-refractivity contribution in [3.63, 3.8) is 0 Å². The molecule has 2 rings (SSSR count). The van der Waals surface area contributed by atoms with Gasteiger partial charge in [0.1, 0.15) is 0 Å². The van der Waals surface area contributed by atoms with Crippen molar-refractivity contribution in [2.24, 2.45) is 0 Å². The minimum absolute atomic E-state index is 0.144. The number of hydrogen-bond acceptors (Lipinski definition) is 3. The Labute approximate surface area is 167 Å². The molecule has 26 heavy (non-hydrogen) atoms. The summed E-state index contributed by atoms with van der Waals surface area (Å²) in [6.45, 7) is 1.83. The zero-order valence-corrected chi connectivity index (χ0v) is 17.3. The molecule has 140 valence electrons. The molecular weight excluding hydrogens is 419 g/mol. The number of nitrogens with one attached hydrogen (secondary N) is 1. The van der Waals surface area contributed by atoms with Crippen molar-refractivity contribution in [1.82, 2.24) is 4.90 Å². The Morgan fingerprint density at radius 1 is 1.08 bits per heavy atom. The highest BCUT2D eigenvalue weighted by atomic mass is 35.5. The predicted molar refractivity (Wildman–Crippen MR) is 107 cm³/mol. The van der Waals surface area contributed by atoms with Gasteiger partial charge in [-0.25, -0.2) is 8.42 Å². The quantitative estimate of drug-likeness (QED) is 0.730. The van der Waals surface area contributed by atoms with E-state index in [-0.39, 0.29) is 22.7 Å². The highest BCUT2D eigenvalue weighted by Crippen LogP contribution is 2.31. The lowest BCUT2D eigenvalue weighted by Crippen LogP contribution is -2.30. The number of amides is 1. The van der Waals surface area contributed by atoms with Crippen LogP contribution in [0, 0.1) is 0 Å². The van der Waals surface area contributed by atoms with Crippen LogP contribution < -0.4 is 4.72 Å². The second-order valence-corrected chi connectivity index (χ2v) is 8.83. The topological polar surface area (TPSA) is 66.5 Å². The smallest absolute Gasteiger partial charge is 0.254 e. The lowest BCUT2D eigenvalue weighted by Gasteiger charge is -2.26. The fourth-order valence-corrected chi connectivity index (χ4v) is 3.72. The molecule has 0 aromatic heterocycles. The minimum atomic E-state index is -3.52. The van der Waals surface area contributed by atoms with Crippen LogP contribution in [-0.4, -0.2) is 32.5 Å². The third kappa shape index (κ3) is 5.04. The molecule has 0 aliphatic rings. The zero-order chi connectivity index (χ0) is 19.6. The molecule has 1 atom stereocenters. The summed E-state index contributed by atoms with van der Waals surface area (Å²) >= 11 is 18.1. The molecule has 1 unspecified atom stereocenters. The van der Waals surface area contributed by atoms with Gasteiger partial charge in [-0.2, -0.15) is 0 Å². The van der Waals surface area contributed by atoms with Crippen molar-refractivity contribution >= 4 is 56.4 Å². The number of carbonyl (C=O) groups is 1. The van der Waals surface area contributed by atoms with Crippen LogP contribution in [-0.2, 0) is 10.0 Å². The van der Waals surface area contributed by atoms with Crippen LogP contribution in [0.3, 0.4) is 0 Å². The van der Waals surface area contributed by atoms with Crippen LogP contribution in [0.5, 0.6) is 0 Å². The second-order valence-electron chi connectivity index (χ2n) is 5.83. The Balaban J connectivity index is 2.31. The molecule has 5 nitrogen and oxygen atoms in total. The van der Waals surface area contributed by atoms with E-state index in [1.807, 2.05) is 6.92 Å². The number of halogens is 3. The third-order valence-electron chi connectivity index (χ3n) is 3.82. The lowest BCUT2D eigenvalue weighted by molar-refractivity contribution is 0.0743. The average Bonchev–Trinajstić information content (AvgIpc) is 2.53. The van der Waals surface area contributed by atoms with E-state index >= 15 is 0 Å². The van der Waals surface area contributed by atoms with E-state index in [0.29, 0.717) is 15.6 Å². The Morgan fingerprint density at radius 3 is 2.31 bits per heavy atom. The molecule has 0 radical (unpaired) electrons. The summed E-state index contributed by atoms with van der Waals surface area (Å²) in [5.41, 5.74) is 1.18. The molecule has 0 aliphatic heterocycles.